The highest BCUT2D eigenvalue weighted by Gasteiger charge is 2.22. The van der Waals surface area contributed by atoms with Crippen molar-refractivity contribution in [2.24, 2.45) is 0 Å². The van der Waals surface area contributed by atoms with Crippen molar-refractivity contribution in [2.75, 3.05) is 10.6 Å². The van der Waals surface area contributed by atoms with Gasteiger partial charge >= 0.3 is 5.97 Å². The summed E-state index contributed by atoms with van der Waals surface area (Å²) in [6.45, 7) is 0. The molecule has 0 heterocycles. The molecular weight excluding hydrogens is 539 g/mol. The van der Waals surface area contributed by atoms with Crippen LogP contribution >= 0.6 is 34.4 Å². The summed E-state index contributed by atoms with van der Waals surface area (Å²) in [7, 11) is 0. The van der Waals surface area contributed by atoms with Crippen LogP contribution in [0.3, 0.4) is 0 Å². The minimum absolute atomic E-state index is 0.0994. The average Bonchev–Trinajstić information content (AvgIpc) is 2.78. The highest BCUT2D eigenvalue weighted by Crippen LogP contribution is 2.37. The van der Waals surface area contributed by atoms with Crippen molar-refractivity contribution >= 4 is 63.5 Å². The van der Waals surface area contributed by atoms with Crippen molar-refractivity contribution in [3.8, 4) is 0 Å². The Morgan fingerprint density at radius 1 is 0.844 bits per heavy atom. The molecule has 6 nitrogen and oxygen atoms in total. The van der Waals surface area contributed by atoms with Gasteiger partial charge in [-0.1, -0.05) is 36.4 Å². The fourth-order valence-electron chi connectivity index (χ4n) is 2.87. The number of hydrogen-bond donors (Lipinski definition) is 3. The molecule has 0 spiro atoms. The van der Waals surface area contributed by atoms with Crippen molar-refractivity contribution in [2.45, 2.75) is 23.0 Å². The second kappa shape index (κ2) is 11.7. The number of rotatable bonds is 9. The van der Waals surface area contributed by atoms with E-state index >= 15 is 0 Å². The van der Waals surface area contributed by atoms with E-state index in [0.717, 1.165) is 19.7 Å². The molecule has 32 heavy (non-hydrogen) atoms. The van der Waals surface area contributed by atoms with Crippen LogP contribution in [0.25, 0.3) is 0 Å². The molecule has 1 unspecified atom stereocenters. The standard InChI is InChI=1S/C24H21IN2O4S/c25-17-9-11-18(12-10-17)27-24(31)23(16-5-2-1-3-6-16)32-20-8-4-7-19(15-20)26-21(28)13-14-22(29)30/h1-12,15,23H,13-14H2,(H,26,28)(H,27,31)(H,29,30). The Bertz CT molecular complexity index is 1090. The Hall–Kier alpha value is -2.85. The summed E-state index contributed by atoms with van der Waals surface area (Å²) < 4.78 is 1.08. The van der Waals surface area contributed by atoms with Gasteiger partial charge in [0.2, 0.25) is 11.8 Å². The topological polar surface area (TPSA) is 95.5 Å². The lowest BCUT2D eigenvalue weighted by molar-refractivity contribution is -0.138. The molecule has 0 aliphatic rings. The first-order valence-corrected chi connectivity index (χ1v) is 11.8. The number of halogens is 1. The number of carbonyl (C=O) groups is 3. The van der Waals surface area contributed by atoms with Gasteiger partial charge in [-0.15, -0.1) is 11.8 Å². The monoisotopic (exact) mass is 560 g/mol. The van der Waals surface area contributed by atoms with Gasteiger partial charge in [0.05, 0.1) is 6.42 Å². The summed E-state index contributed by atoms with van der Waals surface area (Å²) >= 11 is 3.58. The van der Waals surface area contributed by atoms with Crippen LogP contribution in [0.5, 0.6) is 0 Å². The van der Waals surface area contributed by atoms with E-state index in [0.29, 0.717) is 5.69 Å². The third-order valence-corrected chi connectivity index (χ3v) is 6.36. The summed E-state index contributed by atoms with van der Waals surface area (Å²) in [5.41, 5.74) is 2.13. The van der Waals surface area contributed by atoms with Crippen LogP contribution in [0.15, 0.2) is 83.8 Å². The number of nitrogens with one attached hydrogen (secondary N) is 2. The van der Waals surface area contributed by atoms with Gasteiger partial charge < -0.3 is 15.7 Å². The van der Waals surface area contributed by atoms with E-state index < -0.39 is 11.2 Å². The maximum absolute atomic E-state index is 13.2. The van der Waals surface area contributed by atoms with E-state index in [2.05, 4.69) is 33.2 Å². The summed E-state index contributed by atoms with van der Waals surface area (Å²) in [4.78, 5) is 36.6. The third-order valence-electron chi connectivity index (χ3n) is 4.39. The number of thioether (sulfide) groups is 1. The number of hydrogen-bond acceptors (Lipinski definition) is 4. The molecule has 0 radical (unpaired) electrons. The molecule has 0 bridgehead atoms. The minimum Gasteiger partial charge on any atom is -0.481 e. The zero-order valence-corrected chi connectivity index (χ0v) is 19.9. The molecule has 1 atom stereocenters. The van der Waals surface area contributed by atoms with Gasteiger partial charge in [0.15, 0.2) is 0 Å². The predicted octanol–water partition coefficient (Wildman–Crippen LogP) is 5.57. The molecule has 164 valence electrons. The van der Waals surface area contributed by atoms with E-state index in [9.17, 15) is 14.4 Å². The van der Waals surface area contributed by atoms with Crippen molar-refractivity contribution in [1.82, 2.24) is 0 Å². The summed E-state index contributed by atoms with van der Waals surface area (Å²) in [5, 5.41) is 13.9. The lowest BCUT2D eigenvalue weighted by Crippen LogP contribution is -2.19. The number of carboxylic acid groups (broad SMARTS) is 1. The number of aliphatic carboxylic acids is 1. The third kappa shape index (κ3) is 7.38. The Morgan fingerprint density at radius 2 is 1.56 bits per heavy atom. The summed E-state index contributed by atoms with van der Waals surface area (Å²) in [6, 6.07) is 24.2. The number of anilines is 2. The van der Waals surface area contributed by atoms with Gasteiger partial charge in [-0.05, 0) is 70.6 Å². The molecule has 0 fully saturated rings. The molecule has 0 saturated carbocycles. The van der Waals surface area contributed by atoms with Crippen LogP contribution in [0, 0.1) is 3.57 Å². The lowest BCUT2D eigenvalue weighted by atomic mass is 10.1. The SMILES string of the molecule is O=C(O)CCC(=O)Nc1cccc(SC(C(=O)Nc2ccc(I)cc2)c2ccccc2)c1. The summed E-state index contributed by atoms with van der Waals surface area (Å²) in [6.07, 6.45) is -0.327. The molecule has 0 aliphatic carbocycles. The Balaban J connectivity index is 1.76. The summed E-state index contributed by atoms with van der Waals surface area (Å²) in [5.74, 6) is -1.54. The molecule has 2 amide bonds. The van der Waals surface area contributed by atoms with E-state index in [1.54, 1.807) is 18.2 Å². The molecule has 8 heteroatoms. The largest absolute Gasteiger partial charge is 0.481 e. The number of carboxylic acids is 1. The van der Waals surface area contributed by atoms with Crippen LogP contribution in [0.2, 0.25) is 0 Å². The molecule has 3 aromatic carbocycles. The van der Waals surface area contributed by atoms with Gasteiger partial charge in [-0.25, -0.2) is 0 Å². The number of amides is 2. The first-order valence-electron chi connectivity index (χ1n) is 9.80. The van der Waals surface area contributed by atoms with Crippen molar-refractivity contribution in [3.05, 3.63) is 88.0 Å². The molecular formula is C24H21IN2O4S. The second-order valence-corrected chi connectivity index (χ2v) is 9.30. The fraction of sp³-hybridized carbons (Fsp3) is 0.125. The quantitative estimate of drug-likeness (QED) is 0.235. The van der Waals surface area contributed by atoms with Crippen LogP contribution in [0.1, 0.15) is 23.7 Å². The van der Waals surface area contributed by atoms with Gasteiger partial charge in [-0.3, -0.25) is 14.4 Å². The minimum atomic E-state index is -1.02. The lowest BCUT2D eigenvalue weighted by Gasteiger charge is -2.18. The first-order chi connectivity index (χ1) is 15.4. The molecule has 0 aromatic heterocycles. The Morgan fingerprint density at radius 3 is 2.25 bits per heavy atom. The van der Waals surface area contributed by atoms with Crippen LogP contribution in [-0.2, 0) is 14.4 Å². The van der Waals surface area contributed by atoms with Gasteiger partial charge in [0, 0.05) is 26.3 Å². The van der Waals surface area contributed by atoms with E-state index in [4.69, 9.17) is 5.11 Å². The Kier molecular flexibility index (Phi) is 8.69. The van der Waals surface area contributed by atoms with E-state index in [1.165, 1.54) is 11.8 Å². The zero-order valence-electron chi connectivity index (χ0n) is 17.0. The smallest absolute Gasteiger partial charge is 0.303 e. The number of benzene rings is 3. The van der Waals surface area contributed by atoms with Crippen molar-refractivity contribution in [1.29, 1.82) is 0 Å². The highest BCUT2D eigenvalue weighted by atomic mass is 127. The molecule has 3 aromatic rings. The Labute approximate surface area is 203 Å². The fourth-order valence-corrected chi connectivity index (χ4v) is 4.31. The average molecular weight is 560 g/mol. The van der Waals surface area contributed by atoms with Gasteiger partial charge in [-0.2, -0.15) is 0 Å². The molecule has 0 saturated heterocycles. The second-order valence-electron chi connectivity index (χ2n) is 6.87. The van der Waals surface area contributed by atoms with Crippen LogP contribution in [-0.4, -0.2) is 22.9 Å². The first kappa shape index (κ1) is 23.8. The van der Waals surface area contributed by atoms with Crippen molar-refractivity contribution in [3.63, 3.8) is 0 Å². The molecule has 3 N–H and O–H groups in total. The highest BCUT2D eigenvalue weighted by molar-refractivity contribution is 14.1. The normalized spacial score (nSPS) is 11.4. The van der Waals surface area contributed by atoms with Gasteiger partial charge in [0.25, 0.3) is 0 Å². The van der Waals surface area contributed by atoms with Gasteiger partial charge in [0.1, 0.15) is 5.25 Å². The maximum Gasteiger partial charge on any atom is 0.303 e. The molecule has 3 rings (SSSR count). The van der Waals surface area contributed by atoms with E-state index in [-0.39, 0.29) is 24.7 Å². The molecule has 0 aliphatic heterocycles. The van der Waals surface area contributed by atoms with E-state index in [1.807, 2.05) is 60.7 Å². The van der Waals surface area contributed by atoms with Crippen LogP contribution in [0.4, 0.5) is 11.4 Å². The zero-order chi connectivity index (χ0) is 22.9. The van der Waals surface area contributed by atoms with Crippen molar-refractivity contribution < 1.29 is 19.5 Å². The predicted molar refractivity (Wildman–Crippen MR) is 135 cm³/mol. The number of carbonyl (C=O) groups excluding carboxylic acids is 2. The maximum atomic E-state index is 13.2. The van der Waals surface area contributed by atoms with Crippen LogP contribution < -0.4 is 10.6 Å².